The fraction of sp³-hybridized carbons (Fsp3) is 0.538. The van der Waals surface area contributed by atoms with Crippen LogP contribution in [-0.4, -0.2) is 39.6 Å². The van der Waals surface area contributed by atoms with Crippen LogP contribution in [-0.2, 0) is 16.4 Å². The van der Waals surface area contributed by atoms with E-state index in [9.17, 15) is 12.8 Å². The van der Waals surface area contributed by atoms with E-state index >= 15 is 0 Å². The quantitative estimate of drug-likeness (QED) is 0.906. The zero-order valence-electron chi connectivity index (χ0n) is 11.2. The average Bonchev–Trinajstić information content (AvgIpc) is 2.31. The molecule has 1 atom stereocenters. The fourth-order valence-electron chi connectivity index (χ4n) is 2.55. The van der Waals surface area contributed by atoms with Gasteiger partial charge in [0.05, 0.1) is 17.2 Å². The van der Waals surface area contributed by atoms with E-state index < -0.39 is 9.84 Å². The molecule has 2 rings (SSSR count). The number of hydrogen-bond acceptors (Lipinski definition) is 4. The Morgan fingerprint density at radius 2 is 2.21 bits per heavy atom. The van der Waals surface area contributed by atoms with Crippen LogP contribution >= 0.6 is 0 Å². The van der Waals surface area contributed by atoms with Gasteiger partial charge in [0.2, 0.25) is 0 Å². The minimum atomic E-state index is -2.99. The van der Waals surface area contributed by atoms with E-state index in [1.54, 1.807) is 13.1 Å². The number of hydrogen-bond donors (Lipinski definition) is 1. The van der Waals surface area contributed by atoms with Crippen molar-refractivity contribution < 1.29 is 12.8 Å². The summed E-state index contributed by atoms with van der Waals surface area (Å²) in [5.41, 5.74) is 1.38. The number of sulfone groups is 1. The first-order valence-corrected chi connectivity index (χ1v) is 8.16. The Labute approximate surface area is 113 Å². The van der Waals surface area contributed by atoms with Gasteiger partial charge in [-0.15, -0.1) is 0 Å². The first-order valence-electron chi connectivity index (χ1n) is 6.33. The molecule has 19 heavy (non-hydrogen) atoms. The van der Waals surface area contributed by atoms with Gasteiger partial charge >= 0.3 is 0 Å². The molecule has 0 radical (unpaired) electrons. The predicted octanol–water partition coefficient (Wildman–Crippen LogP) is 1.17. The van der Waals surface area contributed by atoms with Crippen LogP contribution in [0.25, 0.3) is 0 Å². The molecular formula is C13H19FN2O2S. The number of anilines is 1. The molecule has 0 saturated carbocycles. The molecule has 1 heterocycles. The maximum atomic E-state index is 14.1. The summed E-state index contributed by atoms with van der Waals surface area (Å²) >= 11 is 0. The maximum absolute atomic E-state index is 14.1. The minimum absolute atomic E-state index is 0.0837. The van der Waals surface area contributed by atoms with Crippen molar-refractivity contribution in [2.75, 3.05) is 30.0 Å². The average molecular weight is 286 g/mol. The molecule has 106 valence electrons. The lowest BCUT2D eigenvalue weighted by atomic mass is 10.1. The first kappa shape index (κ1) is 14.3. The van der Waals surface area contributed by atoms with Crippen molar-refractivity contribution >= 4 is 15.5 Å². The lowest BCUT2D eigenvalue weighted by Crippen LogP contribution is -2.47. The molecule has 1 aliphatic rings. The monoisotopic (exact) mass is 286 g/mol. The number of para-hydroxylation sites is 1. The Bertz CT molecular complexity index is 560. The summed E-state index contributed by atoms with van der Waals surface area (Å²) in [6, 6.07) is 4.76. The van der Waals surface area contributed by atoms with Gasteiger partial charge in [-0.2, -0.15) is 0 Å². The molecule has 0 aromatic heterocycles. The predicted molar refractivity (Wildman–Crippen MR) is 74.6 cm³/mol. The molecule has 0 aliphatic carbocycles. The van der Waals surface area contributed by atoms with Gasteiger partial charge in [-0.05, 0) is 25.6 Å². The van der Waals surface area contributed by atoms with Crippen LogP contribution in [0.3, 0.4) is 0 Å². The highest BCUT2D eigenvalue weighted by molar-refractivity contribution is 7.91. The van der Waals surface area contributed by atoms with Gasteiger partial charge in [0.1, 0.15) is 5.82 Å². The summed E-state index contributed by atoms with van der Waals surface area (Å²) in [6.45, 7) is 2.73. The normalized spacial score (nSPS) is 22.5. The van der Waals surface area contributed by atoms with Gasteiger partial charge in [-0.1, -0.05) is 12.1 Å². The standard InChI is InChI=1S/C13H19FN2O2S/c1-10-9-19(17,18)7-6-16(10)13-11(8-15-2)4-3-5-12(13)14/h3-5,10,15H,6-9H2,1-2H3. The Hall–Kier alpha value is -1.14. The molecule has 0 bridgehead atoms. The molecule has 6 heteroatoms. The fourth-order valence-corrected chi connectivity index (χ4v) is 4.10. The zero-order chi connectivity index (χ0) is 14.0. The van der Waals surface area contributed by atoms with Crippen molar-refractivity contribution in [2.24, 2.45) is 0 Å². The van der Waals surface area contributed by atoms with E-state index in [1.165, 1.54) is 6.07 Å². The smallest absolute Gasteiger partial charge is 0.154 e. The highest BCUT2D eigenvalue weighted by Gasteiger charge is 2.30. The Morgan fingerprint density at radius 3 is 2.84 bits per heavy atom. The van der Waals surface area contributed by atoms with Crippen molar-refractivity contribution in [2.45, 2.75) is 19.5 Å². The molecule has 1 aromatic carbocycles. The second-order valence-electron chi connectivity index (χ2n) is 4.93. The van der Waals surface area contributed by atoms with Gasteiger partial charge in [-0.3, -0.25) is 0 Å². The number of nitrogens with zero attached hydrogens (tertiary/aromatic N) is 1. The van der Waals surface area contributed by atoms with E-state index in [0.29, 0.717) is 18.8 Å². The van der Waals surface area contributed by atoms with E-state index in [1.807, 2.05) is 17.9 Å². The summed E-state index contributed by atoms with van der Waals surface area (Å²) in [7, 11) is -1.19. The van der Waals surface area contributed by atoms with Crippen LogP contribution in [0, 0.1) is 5.82 Å². The zero-order valence-corrected chi connectivity index (χ0v) is 12.0. The van der Waals surface area contributed by atoms with Crippen molar-refractivity contribution in [3.05, 3.63) is 29.6 Å². The number of benzene rings is 1. The first-order chi connectivity index (χ1) is 8.94. The van der Waals surface area contributed by atoms with Crippen LogP contribution in [0.2, 0.25) is 0 Å². The highest BCUT2D eigenvalue weighted by Crippen LogP contribution is 2.28. The molecule has 1 fully saturated rings. The van der Waals surface area contributed by atoms with Crippen LogP contribution in [0.5, 0.6) is 0 Å². The van der Waals surface area contributed by atoms with E-state index in [-0.39, 0.29) is 23.4 Å². The van der Waals surface area contributed by atoms with E-state index in [2.05, 4.69) is 5.32 Å². The maximum Gasteiger partial charge on any atom is 0.154 e. The topological polar surface area (TPSA) is 49.4 Å². The lowest BCUT2D eigenvalue weighted by Gasteiger charge is -2.36. The lowest BCUT2D eigenvalue weighted by molar-refractivity contribution is 0.557. The van der Waals surface area contributed by atoms with Crippen molar-refractivity contribution in [3.63, 3.8) is 0 Å². The Balaban J connectivity index is 2.36. The molecule has 1 unspecified atom stereocenters. The molecule has 1 N–H and O–H groups in total. The SMILES string of the molecule is CNCc1cccc(F)c1N1CCS(=O)(=O)CC1C. The van der Waals surface area contributed by atoms with Gasteiger partial charge in [0.25, 0.3) is 0 Å². The third-order valence-electron chi connectivity index (χ3n) is 3.40. The van der Waals surface area contributed by atoms with Gasteiger partial charge < -0.3 is 10.2 Å². The molecule has 1 aliphatic heterocycles. The summed E-state index contributed by atoms with van der Waals surface area (Å²) in [5.74, 6) is -0.121. The van der Waals surface area contributed by atoms with Gasteiger partial charge in [0, 0.05) is 19.1 Å². The number of rotatable bonds is 3. The van der Waals surface area contributed by atoms with Crippen molar-refractivity contribution in [3.8, 4) is 0 Å². The largest absolute Gasteiger partial charge is 0.364 e. The summed E-state index contributed by atoms with van der Waals surface area (Å²) in [5, 5.41) is 3.01. The molecule has 1 saturated heterocycles. The molecule has 0 amide bonds. The minimum Gasteiger partial charge on any atom is -0.364 e. The highest BCUT2D eigenvalue weighted by atomic mass is 32.2. The molecular weight excluding hydrogens is 267 g/mol. The number of halogens is 1. The molecule has 0 spiro atoms. The third-order valence-corrected chi connectivity index (χ3v) is 5.19. The van der Waals surface area contributed by atoms with Gasteiger partial charge in [0.15, 0.2) is 9.84 Å². The van der Waals surface area contributed by atoms with Crippen LogP contribution in [0.15, 0.2) is 18.2 Å². The van der Waals surface area contributed by atoms with Crippen LogP contribution in [0.1, 0.15) is 12.5 Å². The van der Waals surface area contributed by atoms with Crippen molar-refractivity contribution in [1.29, 1.82) is 0 Å². The Kier molecular flexibility index (Phi) is 4.10. The molecule has 1 aromatic rings. The summed E-state index contributed by atoms with van der Waals surface area (Å²) in [6.07, 6.45) is 0. The summed E-state index contributed by atoms with van der Waals surface area (Å²) in [4.78, 5) is 1.86. The van der Waals surface area contributed by atoms with Crippen LogP contribution in [0.4, 0.5) is 10.1 Å². The van der Waals surface area contributed by atoms with Crippen molar-refractivity contribution in [1.82, 2.24) is 5.32 Å². The second-order valence-corrected chi connectivity index (χ2v) is 7.16. The van der Waals surface area contributed by atoms with E-state index in [4.69, 9.17) is 0 Å². The summed E-state index contributed by atoms with van der Waals surface area (Å²) < 4.78 is 37.3. The third kappa shape index (κ3) is 3.06. The van der Waals surface area contributed by atoms with Crippen LogP contribution < -0.4 is 10.2 Å². The Morgan fingerprint density at radius 1 is 1.47 bits per heavy atom. The number of nitrogens with one attached hydrogen (secondary N) is 1. The van der Waals surface area contributed by atoms with E-state index in [0.717, 1.165) is 5.56 Å². The molecule has 4 nitrogen and oxygen atoms in total. The second kappa shape index (κ2) is 5.46. The van der Waals surface area contributed by atoms with Gasteiger partial charge in [-0.25, -0.2) is 12.8 Å².